The van der Waals surface area contributed by atoms with Crippen LogP contribution in [-0.2, 0) is 4.74 Å². The third kappa shape index (κ3) is 2.70. The fraction of sp³-hybridized carbons (Fsp3) is 0.462. The summed E-state index contributed by atoms with van der Waals surface area (Å²) in [6, 6.07) is 0. The smallest absolute Gasteiger partial charge is 0.311 e. The van der Waals surface area contributed by atoms with Crippen molar-refractivity contribution in [3.63, 3.8) is 0 Å². The molecule has 0 saturated carbocycles. The third-order valence-electron chi connectivity index (χ3n) is 3.70. The van der Waals surface area contributed by atoms with Crippen LogP contribution in [0.1, 0.15) is 19.1 Å². The van der Waals surface area contributed by atoms with Crippen LogP contribution in [0.15, 0.2) is 22.2 Å². The molecule has 1 aliphatic heterocycles. The van der Waals surface area contributed by atoms with Crippen molar-refractivity contribution < 1.29 is 14.9 Å². The van der Waals surface area contributed by atoms with Gasteiger partial charge in [0.2, 0.25) is 5.95 Å². The predicted octanol–water partition coefficient (Wildman–Crippen LogP) is -0.686. The molecule has 3 rings (SSSR count). The summed E-state index contributed by atoms with van der Waals surface area (Å²) in [6.07, 6.45) is -1.53. The molecule has 124 valence electrons. The Balaban J connectivity index is 2.04. The van der Waals surface area contributed by atoms with E-state index in [1.807, 2.05) is 0 Å². The van der Waals surface area contributed by atoms with E-state index in [1.165, 1.54) is 0 Å². The van der Waals surface area contributed by atoms with E-state index in [4.69, 9.17) is 10.5 Å². The second kappa shape index (κ2) is 5.89. The molecule has 2 aromatic heterocycles. The van der Waals surface area contributed by atoms with Crippen LogP contribution in [0.2, 0.25) is 0 Å². The van der Waals surface area contributed by atoms with E-state index in [0.29, 0.717) is 17.8 Å². The second-order valence-corrected chi connectivity index (χ2v) is 6.26. The monoisotopic (exact) mass is 340 g/mol. The number of hydrogen-bond donors (Lipinski definition) is 4. The first-order chi connectivity index (χ1) is 10.9. The highest BCUT2D eigenvalue weighted by molar-refractivity contribution is 7.16. The second-order valence-electron chi connectivity index (χ2n) is 5.30. The molecule has 0 aromatic carbocycles. The molecule has 0 aliphatic carbocycles. The molecule has 4 unspecified atom stereocenters. The van der Waals surface area contributed by atoms with Gasteiger partial charge in [0.05, 0.1) is 12.2 Å². The molecule has 0 bridgehead atoms. The predicted molar refractivity (Wildman–Crippen MR) is 84.3 cm³/mol. The van der Waals surface area contributed by atoms with Gasteiger partial charge in [-0.25, -0.2) is 0 Å². The Morgan fingerprint density at radius 1 is 1.61 bits per heavy atom. The zero-order chi connectivity index (χ0) is 16.7. The molecular weight excluding hydrogens is 324 g/mol. The van der Waals surface area contributed by atoms with Gasteiger partial charge < -0.3 is 20.7 Å². The lowest BCUT2D eigenvalue weighted by Gasteiger charge is -2.18. The summed E-state index contributed by atoms with van der Waals surface area (Å²) in [5.74, 6) is -0.134. The Hall–Kier alpha value is -2.01. The summed E-state index contributed by atoms with van der Waals surface area (Å²) in [5.41, 5.74) is 5.05. The van der Waals surface area contributed by atoms with Crippen molar-refractivity contribution in [1.82, 2.24) is 14.5 Å². The number of thiazole rings is 1. The largest absolute Gasteiger partial charge is 0.390 e. The minimum atomic E-state index is -1.03. The molecular formula is C13H16N4O5S. The molecule has 9 nitrogen and oxygen atoms in total. The lowest BCUT2D eigenvalue weighted by Crippen LogP contribution is -2.28. The van der Waals surface area contributed by atoms with Crippen molar-refractivity contribution in [3.8, 4) is 0 Å². The average Bonchev–Trinajstić information content (AvgIpc) is 2.99. The molecule has 0 amide bonds. The molecule has 5 N–H and O–H groups in total. The topological polar surface area (TPSA) is 143 Å². The highest BCUT2D eigenvalue weighted by Crippen LogP contribution is 2.32. The molecule has 1 saturated heterocycles. The van der Waals surface area contributed by atoms with Gasteiger partial charge in [-0.05, 0) is 6.42 Å². The molecule has 10 heteroatoms. The summed E-state index contributed by atoms with van der Waals surface area (Å²) in [7, 11) is 0. The van der Waals surface area contributed by atoms with Crippen LogP contribution in [0.5, 0.6) is 0 Å². The Morgan fingerprint density at radius 2 is 2.35 bits per heavy atom. The zero-order valence-electron chi connectivity index (χ0n) is 12.0. The molecule has 3 heterocycles. The Morgan fingerprint density at radius 3 is 3.04 bits per heavy atom. The van der Waals surface area contributed by atoms with Crippen molar-refractivity contribution in [2.24, 2.45) is 0 Å². The first kappa shape index (κ1) is 15.9. The van der Waals surface area contributed by atoms with Gasteiger partial charge in [0.15, 0.2) is 11.9 Å². The van der Waals surface area contributed by atoms with Crippen molar-refractivity contribution in [2.45, 2.75) is 37.4 Å². The molecule has 0 radical (unpaired) electrons. The summed E-state index contributed by atoms with van der Waals surface area (Å²) in [6.45, 7) is 3.54. The van der Waals surface area contributed by atoms with Gasteiger partial charge in [-0.3, -0.25) is 19.1 Å². The normalized spacial score (nSPS) is 25.7. The fourth-order valence-corrected chi connectivity index (χ4v) is 3.50. The van der Waals surface area contributed by atoms with Crippen molar-refractivity contribution in [1.29, 1.82) is 0 Å². The Bertz CT molecular complexity index is 856. The van der Waals surface area contributed by atoms with E-state index in [9.17, 15) is 19.8 Å². The number of aromatic amines is 1. The Kier molecular flexibility index (Phi) is 4.06. The highest BCUT2D eigenvalue weighted by atomic mass is 32.1. The molecule has 1 fully saturated rings. The van der Waals surface area contributed by atoms with E-state index in [2.05, 4.69) is 16.5 Å². The molecule has 4 atom stereocenters. The van der Waals surface area contributed by atoms with Crippen LogP contribution in [0, 0.1) is 0 Å². The van der Waals surface area contributed by atoms with Gasteiger partial charge >= 0.3 is 4.87 Å². The Labute approximate surface area is 133 Å². The van der Waals surface area contributed by atoms with E-state index in [1.54, 1.807) is 6.08 Å². The van der Waals surface area contributed by atoms with Gasteiger partial charge in [-0.2, -0.15) is 4.98 Å². The minimum absolute atomic E-state index is 0.0594. The maximum Gasteiger partial charge on any atom is 0.311 e. The van der Waals surface area contributed by atoms with Gasteiger partial charge in [0.1, 0.15) is 10.8 Å². The molecule has 23 heavy (non-hydrogen) atoms. The number of ether oxygens (including phenoxy) is 1. The van der Waals surface area contributed by atoms with Crippen LogP contribution in [0.4, 0.5) is 5.95 Å². The number of aliphatic hydroxyl groups is 2. The van der Waals surface area contributed by atoms with Crippen molar-refractivity contribution in [2.75, 3.05) is 5.73 Å². The summed E-state index contributed by atoms with van der Waals surface area (Å²) in [5, 5.41) is 20.2. The number of rotatable bonds is 4. The van der Waals surface area contributed by atoms with E-state index in [0.717, 1.165) is 4.57 Å². The lowest BCUT2D eigenvalue weighted by atomic mass is 10.1. The number of nitrogens with zero attached hydrogens (tertiary/aromatic N) is 2. The van der Waals surface area contributed by atoms with Crippen LogP contribution in [-0.4, -0.2) is 43.1 Å². The number of aliphatic hydroxyl groups excluding tert-OH is 2. The average molecular weight is 340 g/mol. The molecule has 1 aliphatic rings. The van der Waals surface area contributed by atoms with Crippen LogP contribution < -0.4 is 16.2 Å². The SMILES string of the molecule is C=CCC(O)C1CC(O)C(n2c(=O)sc3c(=O)[nH]c(N)nc32)O1. The van der Waals surface area contributed by atoms with Crippen molar-refractivity contribution in [3.05, 3.63) is 32.7 Å². The maximum atomic E-state index is 12.2. The molecule has 2 aromatic rings. The highest BCUT2D eigenvalue weighted by Gasteiger charge is 2.40. The number of aromatic nitrogens is 3. The van der Waals surface area contributed by atoms with Crippen molar-refractivity contribution >= 4 is 27.6 Å². The first-order valence-corrected chi connectivity index (χ1v) is 7.77. The number of fused-ring (bicyclic) bond motifs is 1. The number of anilines is 1. The third-order valence-corrected chi connectivity index (χ3v) is 4.64. The summed E-state index contributed by atoms with van der Waals surface area (Å²) < 4.78 is 6.84. The quantitative estimate of drug-likeness (QED) is 0.539. The number of H-pyrrole nitrogens is 1. The summed E-state index contributed by atoms with van der Waals surface area (Å²) >= 11 is 0.699. The van der Waals surface area contributed by atoms with E-state index < -0.39 is 35.0 Å². The van der Waals surface area contributed by atoms with Gasteiger partial charge in [0, 0.05) is 6.42 Å². The van der Waals surface area contributed by atoms with Crippen LogP contribution in [0.3, 0.4) is 0 Å². The zero-order valence-corrected chi connectivity index (χ0v) is 12.8. The van der Waals surface area contributed by atoms with E-state index >= 15 is 0 Å². The summed E-state index contributed by atoms with van der Waals surface area (Å²) in [4.78, 5) is 29.9. The number of nitrogens with two attached hydrogens (primary N) is 1. The van der Waals surface area contributed by atoms with Gasteiger partial charge in [-0.15, -0.1) is 6.58 Å². The van der Waals surface area contributed by atoms with E-state index in [-0.39, 0.29) is 22.7 Å². The molecule has 0 spiro atoms. The van der Waals surface area contributed by atoms with Gasteiger partial charge in [0.25, 0.3) is 5.56 Å². The minimum Gasteiger partial charge on any atom is -0.390 e. The maximum absolute atomic E-state index is 12.2. The van der Waals surface area contributed by atoms with Crippen LogP contribution >= 0.6 is 11.3 Å². The van der Waals surface area contributed by atoms with Gasteiger partial charge in [-0.1, -0.05) is 17.4 Å². The number of nitrogen functional groups attached to an aromatic ring is 1. The fourth-order valence-electron chi connectivity index (χ4n) is 2.65. The lowest BCUT2D eigenvalue weighted by molar-refractivity contribution is -0.0737. The standard InChI is InChI=1S/C13H16N4O5S/c1-2-3-5(18)7-4-6(19)11(22-7)17-9-8(23-13(17)21)10(20)16-12(14)15-9/h2,5-7,11,18-19H,1,3-4H2,(H3,14,15,16,20). The first-order valence-electron chi connectivity index (χ1n) is 6.95. The number of hydrogen-bond acceptors (Lipinski definition) is 8. The number of nitrogens with one attached hydrogen (secondary N) is 1. The van der Waals surface area contributed by atoms with Crippen LogP contribution in [0.25, 0.3) is 10.3 Å².